The standard InChI is InChI=1S/C18H20ClNO2S/c1-12-10-13(2)17(14(3)11-12)23(21,22)20-18(8-9-18)15-4-6-16(19)7-5-15/h4-7,10-11,20H,8-9H2,1-3H3. The molecule has 23 heavy (non-hydrogen) atoms. The van der Waals surface area contributed by atoms with Gasteiger partial charge < -0.3 is 0 Å². The molecule has 2 aromatic rings. The Kier molecular flexibility index (Phi) is 4.03. The second kappa shape index (κ2) is 5.62. The van der Waals surface area contributed by atoms with E-state index in [1.807, 2.05) is 45.0 Å². The normalized spacial score (nSPS) is 16.3. The van der Waals surface area contributed by atoms with Gasteiger partial charge in [0.15, 0.2) is 0 Å². The van der Waals surface area contributed by atoms with Gasteiger partial charge in [-0.2, -0.15) is 0 Å². The molecule has 0 aromatic heterocycles. The maximum atomic E-state index is 12.9. The third-order valence-corrected chi connectivity index (χ3v) is 6.44. The topological polar surface area (TPSA) is 46.2 Å². The molecule has 3 rings (SSSR count). The number of nitrogens with one attached hydrogen (secondary N) is 1. The van der Waals surface area contributed by atoms with E-state index in [4.69, 9.17) is 11.6 Å². The van der Waals surface area contributed by atoms with Crippen molar-refractivity contribution in [2.75, 3.05) is 0 Å². The third-order valence-electron chi connectivity index (χ3n) is 4.35. The Bertz CT molecular complexity index is 830. The van der Waals surface area contributed by atoms with Gasteiger partial charge in [0.05, 0.1) is 10.4 Å². The first-order valence-corrected chi connectivity index (χ1v) is 9.47. The van der Waals surface area contributed by atoms with Crippen LogP contribution in [0.2, 0.25) is 5.02 Å². The zero-order valence-corrected chi connectivity index (χ0v) is 15.1. The Balaban J connectivity index is 1.98. The summed E-state index contributed by atoms with van der Waals surface area (Å²) in [5.74, 6) is 0. The minimum Gasteiger partial charge on any atom is -0.207 e. The van der Waals surface area contributed by atoms with Gasteiger partial charge in [0.1, 0.15) is 0 Å². The molecule has 1 aliphatic rings. The number of hydrogen-bond acceptors (Lipinski definition) is 2. The Morgan fingerprint density at radius 1 is 1.00 bits per heavy atom. The smallest absolute Gasteiger partial charge is 0.207 e. The van der Waals surface area contributed by atoms with Crippen molar-refractivity contribution in [1.29, 1.82) is 0 Å². The molecule has 0 saturated heterocycles. The highest BCUT2D eigenvalue weighted by Crippen LogP contribution is 2.47. The summed E-state index contributed by atoms with van der Waals surface area (Å²) >= 11 is 5.93. The van der Waals surface area contributed by atoms with Crippen LogP contribution in [0.4, 0.5) is 0 Å². The maximum Gasteiger partial charge on any atom is 0.241 e. The summed E-state index contributed by atoms with van der Waals surface area (Å²) in [5, 5.41) is 0.651. The monoisotopic (exact) mass is 349 g/mol. The van der Waals surface area contributed by atoms with Crippen molar-refractivity contribution >= 4 is 21.6 Å². The molecule has 2 aromatic carbocycles. The molecule has 0 bridgehead atoms. The lowest BCUT2D eigenvalue weighted by Gasteiger charge is -2.20. The van der Waals surface area contributed by atoms with Crippen molar-refractivity contribution < 1.29 is 8.42 Å². The van der Waals surface area contributed by atoms with E-state index in [2.05, 4.69) is 4.72 Å². The molecule has 1 saturated carbocycles. The molecule has 1 fully saturated rings. The van der Waals surface area contributed by atoms with Gasteiger partial charge in [-0.3, -0.25) is 0 Å². The first kappa shape index (κ1) is 16.5. The molecule has 3 nitrogen and oxygen atoms in total. The van der Waals surface area contributed by atoms with E-state index in [0.717, 1.165) is 35.1 Å². The zero-order valence-electron chi connectivity index (χ0n) is 13.5. The summed E-state index contributed by atoms with van der Waals surface area (Å²) in [6.45, 7) is 5.66. The Labute approximate surface area is 142 Å². The van der Waals surface area contributed by atoms with Gasteiger partial charge in [0.25, 0.3) is 0 Å². The molecule has 0 spiro atoms. The van der Waals surface area contributed by atoms with E-state index in [1.165, 1.54) is 0 Å². The van der Waals surface area contributed by atoms with E-state index in [1.54, 1.807) is 12.1 Å². The zero-order chi connectivity index (χ0) is 16.8. The van der Waals surface area contributed by atoms with Gasteiger partial charge in [-0.15, -0.1) is 0 Å². The SMILES string of the molecule is Cc1cc(C)c(S(=O)(=O)NC2(c3ccc(Cl)cc3)CC2)c(C)c1. The average Bonchev–Trinajstić information content (AvgIpc) is 3.17. The molecule has 0 heterocycles. The summed E-state index contributed by atoms with van der Waals surface area (Å²) in [7, 11) is -3.57. The van der Waals surface area contributed by atoms with E-state index in [9.17, 15) is 8.42 Å². The van der Waals surface area contributed by atoms with Crippen molar-refractivity contribution in [3.8, 4) is 0 Å². The van der Waals surface area contributed by atoms with Crippen LogP contribution in [0.3, 0.4) is 0 Å². The van der Waals surface area contributed by atoms with Crippen LogP contribution in [0.5, 0.6) is 0 Å². The minimum atomic E-state index is -3.57. The largest absolute Gasteiger partial charge is 0.241 e. The molecule has 0 aliphatic heterocycles. The summed E-state index contributed by atoms with van der Waals surface area (Å²) in [5.41, 5.74) is 3.10. The van der Waals surface area contributed by atoms with E-state index < -0.39 is 15.6 Å². The number of sulfonamides is 1. The van der Waals surface area contributed by atoms with Crippen molar-refractivity contribution in [3.63, 3.8) is 0 Å². The molecule has 0 amide bonds. The fraction of sp³-hybridized carbons (Fsp3) is 0.333. The predicted molar refractivity (Wildman–Crippen MR) is 93.3 cm³/mol. The molecule has 5 heteroatoms. The fourth-order valence-corrected chi connectivity index (χ4v) is 5.27. The van der Waals surface area contributed by atoms with Crippen LogP contribution in [0.15, 0.2) is 41.3 Å². The van der Waals surface area contributed by atoms with Gasteiger partial charge in [-0.25, -0.2) is 13.1 Å². The first-order chi connectivity index (χ1) is 10.7. The quantitative estimate of drug-likeness (QED) is 0.897. The first-order valence-electron chi connectivity index (χ1n) is 7.61. The molecule has 0 atom stereocenters. The van der Waals surface area contributed by atoms with Crippen LogP contribution in [-0.2, 0) is 15.6 Å². The van der Waals surface area contributed by atoms with Crippen molar-refractivity contribution in [2.24, 2.45) is 0 Å². The van der Waals surface area contributed by atoms with Crippen molar-refractivity contribution in [1.82, 2.24) is 4.72 Å². The van der Waals surface area contributed by atoms with Crippen LogP contribution < -0.4 is 4.72 Å². The maximum absolute atomic E-state index is 12.9. The van der Waals surface area contributed by atoms with E-state index in [-0.39, 0.29) is 0 Å². The summed E-state index contributed by atoms with van der Waals surface area (Å²) in [6, 6.07) is 11.2. The summed E-state index contributed by atoms with van der Waals surface area (Å²) in [6.07, 6.45) is 1.61. The lowest BCUT2D eigenvalue weighted by molar-refractivity contribution is 0.550. The summed E-state index contributed by atoms with van der Waals surface area (Å²) < 4.78 is 28.8. The third kappa shape index (κ3) is 3.16. The molecule has 122 valence electrons. The van der Waals surface area contributed by atoms with Crippen molar-refractivity contribution in [2.45, 2.75) is 44.0 Å². The van der Waals surface area contributed by atoms with Crippen LogP contribution >= 0.6 is 11.6 Å². The predicted octanol–water partition coefficient (Wildman–Crippen LogP) is 4.23. The number of halogens is 1. The highest BCUT2D eigenvalue weighted by molar-refractivity contribution is 7.89. The van der Waals surface area contributed by atoms with Gasteiger partial charge in [0, 0.05) is 5.02 Å². The number of rotatable bonds is 4. The number of benzene rings is 2. The number of hydrogen-bond donors (Lipinski definition) is 1. The van der Waals surface area contributed by atoms with Crippen LogP contribution in [-0.4, -0.2) is 8.42 Å². The van der Waals surface area contributed by atoms with Gasteiger partial charge in [0.2, 0.25) is 10.0 Å². The lowest BCUT2D eigenvalue weighted by Crippen LogP contribution is -2.35. The highest BCUT2D eigenvalue weighted by atomic mass is 35.5. The summed E-state index contributed by atoms with van der Waals surface area (Å²) in [4.78, 5) is 0.392. The Morgan fingerprint density at radius 3 is 2.00 bits per heavy atom. The highest BCUT2D eigenvalue weighted by Gasteiger charge is 2.47. The second-order valence-electron chi connectivity index (χ2n) is 6.42. The van der Waals surface area contributed by atoms with E-state index in [0.29, 0.717) is 9.92 Å². The molecule has 0 unspecified atom stereocenters. The fourth-order valence-electron chi connectivity index (χ4n) is 3.24. The molecular weight excluding hydrogens is 330 g/mol. The lowest BCUT2D eigenvalue weighted by atomic mass is 10.1. The number of aryl methyl sites for hydroxylation is 3. The van der Waals surface area contributed by atoms with Gasteiger partial charge >= 0.3 is 0 Å². The molecule has 1 aliphatic carbocycles. The Morgan fingerprint density at radius 2 is 1.52 bits per heavy atom. The molecular formula is C18H20ClNO2S. The minimum absolute atomic E-state index is 0.392. The van der Waals surface area contributed by atoms with Crippen molar-refractivity contribution in [3.05, 3.63) is 63.7 Å². The van der Waals surface area contributed by atoms with Crippen LogP contribution in [0.25, 0.3) is 0 Å². The van der Waals surface area contributed by atoms with Gasteiger partial charge in [-0.05, 0) is 62.4 Å². The van der Waals surface area contributed by atoms with E-state index >= 15 is 0 Å². The average molecular weight is 350 g/mol. The van der Waals surface area contributed by atoms with Crippen LogP contribution in [0.1, 0.15) is 35.1 Å². The Hall–Kier alpha value is -1.36. The van der Waals surface area contributed by atoms with Crippen LogP contribution in [0, 0.1) is 20.8 Å². The molecule has 0 radical (unpaired) electrons. The molecule has 1 N–H and O–H groups in total. The van der Waals surface area contributed by atoms with Gasteiger partial charge in [-0.1, -0.05) is 41.4 Å². The second-order valence-corrected chi connectivity index (χ2v) is 8.48.